The summed E-state index contributed by atoms with van der Waals surface area (Å²) in [7, 11) is -3.46. The van der Waals surface area contributed by atoms with E-state index in [0.717, 1.165) is 64.3 Å². The molecule has 0 atom stereocenters. The molecular weight excluding hydrogens is 438 g/mol. The molecular formula is C25H37N3O4S. The molecule has 33 heavy (non-hydrogen) atoms. The van der Waals surface area contributed by atoms with Gasteiger partial charge in [-0.25, -0.2) is 8.42 Å². The quantitative estimate of drug-likeness (QED) is 0.606. The van der Waals surface area contributed by atoms with E-state index in [1.54, 1.807) is 6.08 Å². The van der Waals surface area contributed by atoms with Crippen molar-refractivity contribution in [3.63, 3.8) is 0 Å². The predicted molar refractivity (Wildman–Crippen MR) is 130 cm³/mol. The largest absolute Gasteiger partial charge is 0.379 e. The molecule has 3 heterocycles. The van der Waals surface area contributed by atoms with E-state index in [4.69, 9.17) is 4.74 Å². The highest BCUT2D eigenvalue weighted by molar-refractivity contribution is 7.92. The Balaban J connectivity index is 1.19. The minimum absolute atomic E-state index is 0.0561. The molecule has 0 spiro atoms. The van der Waals surface area contributed by atoms with Gasteiger partial charge in [0.15, 0.2) is 0 Å². The minimum atomic E-state index is -3.46. The van der Waals surface area contributed by atoms with Gasteiger partial charge in [-0.1, -0.05) is 30.3 Å². The van der Waals surface area contributed by atoms with E-state index in [1.807, 2.05) is 35.2 Å². The van der Waals surface area contributed by atoms with Crippen LogP contribution in [0.15, 0.2) is 35.7 Å². The molecule has 7 nitrogen and oxygen atoms in total. The van der Waals surface area contributed by atoms with Gasteiger partial charge in [-0.05, 0) is 56.2 Å². The molecule has 3 aliphatic heterocycles. The van der Waals surface area contributed by atoms with Crippen molar-refractivity contribution in [2.24, 2.45) is 11.8 Å². The molecule has 0 radical (unpaired) electrons. The SMILES string of the molecule is O=C(C1CCN(S(=O)(=O)/C=C/c2ccccc2)CC1)N1CCC(CCN2CCOCC2)CC1. The Bertz CT molecular complexity index is 883. The second-order valence-corrected chi connectivity index (χ2v) is 11.3. The van der Waals surface area contributed by atoms with Crippen LogP contribution in [0.25, 0.3) is 6.08 Å². The number of amides is 1. The van der Waals surface area contributed by atoms with Gasteiger partial charge in [-0.3, -0.25) is 9.69 Å². The molecule has 0 aliphatic carbocycles. The number of rotatable bonds is 7. The van der Waals surface area contributed by atoms with Crippen LogP contribution >= 0.6 is 0 Å². The van der Waals surface area contributed by atoms with Gasteiger partial charge in [0, 0.05) is 50.6 Å². The summed E-state index contributed by atoms with van der Waals surface area (Å²) < 4.78 is 32.3. The lowest BCUT2D eigenvalue weighted by molar-refractivity contribution is -0.138. The van der Waals surface area contributed by atoms with E-state index in [9.17, 15) is 13.2 Å². The van der Waals surface area contributed by atoms with Gasteiger partial charge in [0.05, 0.1) is 13.2 Å². The van der Waals surface area contributed by atoms with Gasteiger partial charge in [0.2, 0.25) is 15.9 Å². The third-order valence-corrected chi connectivity index (χ3v) is 8.84. The number of ether oxygens (including phenoxy) is 1. The first-order valence-electron chi connectivity index (χ1n) is 12.3. The van der Waals surface area contributed by atoms with Crippen molar-refractivity contribution in [3.8, 4) is 0 Å². The van der Waals surface area contributed by atoms with Crippen molar-refractivity contribution in [1.29, 1.82) is 0 Å². The maximum Gasteiger partial charge on any atom is 0.236 e. The third kappa shape index (κ3) is 6.88. The van der Waals surface area contributed by atoms with Crippen LogP contribution < -0.4 is 0 Å². The molecule has 182 valence electrons. The lowest BCUT2D eigenvalue weighted by Crippen LogP contribution is -2.46. The van der Waals surface area contributed by atoms with Crippen LogP contribution in [-0.4, -0.2) is 87.5 Å². The molecule has 3 aliphatic rings. The Morgan fingerprint density at radius 3 is 2.27 bits per heavy atom. The van der Waals surface area contributed by atoms with Crippen LogP contribution in [0.4, 0.5) is 0 Å². The molecule has 3 fully saturated rings. The summed E-state index contributed by atoms with van der Waals surface area (Å²) in [5, 5.41) is 1.28. The Labute approximate surface area is 198 Å². The Hall–Kier alpha value is -1.74. The van der Waals surface area contributed by atoms with Crippen LogP contribution in [0.5, 0.6) is 0 Å². The van der Waals surface area contributed by atoms with Gasteiger partial charge >= 0.3 is 0 Å². The molecule has 1 aromatic carbocycles. The first-order chi connectivity index (χ1) is 16.0. The fourth-order valence-electron chi connectivity index (χ4n) is 5.06. The first kappa shape index (κ1) is 24.4. The van der Waals surface area contributed by atoms with Gasteiger partial charge in [-0.15, -0.1) is 0 Å². The summed E-state index contributed by atoms with van der Waals surface area (Å²) in [6, 6.07) is 9.43. The zero-order valence-electron chi connectivity index (χ0n) is 19.5. The summed E-state index contributed by atoms with van der Waals surface area (Å²) in [5.41, 5.74) is 0.861. The number of benzene rings is 1. The maximum absolute atomic E-state index is 13.1. The molecule has 3 saturated heterocycles. The first-order valence-corrected chi connectivity index (χ1v) is 13.8. The van der Waals surface area contributed by atoms with Gasteiger partial charge in [-0.2, -0.15) is 4.31 Å². The zero-order chi connectivity index (χ0) is 23.1. The van der Waals surface area contributed by atoms with Crippen LogP contribution in [-0.2, 0) is 19.6 Å². The summed E-state index contributed by atoms with van der Waals surface area (Å²) in [6.07, 6.45) is 6.20. The number of hydrogen-bond acceptors (Lipinski definition) is 5. The number of carbonyl (C=O) groups excluding carboxylic acids is 1. The van der Waals surface area contributed by atoms with Crippen molar-refractivity contribution in [2.45, 2.75) is 32.1 Å². The zero-order valence-corrected chi connectivity index (χ0v) is 20.3. The third-order valence-electron chi connectivity index (χ3n) is 7.28. The van der Waals surface area contributed by atoms with E-state index < -0.39 is 10.0 Å². The second-order valence-electron chi connectivity index (χ2n) is 9.44. The molecule has 1 amide bonds. The molecule has 0 aromatic heterocycles. The summed E-state index contributed by atoms with van der Waals surface area (Å²) >= 11 is 0. The Kier molecular flexibility index (Phi) is 8.57. The van der Waals surface area contributed by atoms with Crippen molar-refractivity contribution in [1.82, 2.24) is 14.1 Å². The molecule has 0 N–H and O–H groups in total. The fraction of sp³-hybridized carbons (Fsp3) is 0.640. The molecule has 0 unspecified atom stereocenters. The van der Waals surface area contributed by atoms with Crippen molar-refractivity contribution in [2.75, 3.05) is 59.0 Å². The summed E-state index contributed by atoms with van der Waals surface area (Å²) in [4.78, 5) is 17.6. The van der Waals surface area contributed by atoms with Crippen molar-refractivity contribution < 1.29 is 17.9 Å². The normalized spacial score (nSPS) is 22.7. The topological polar surface area (TPSA) is 70.2 Å². The van der Waals surface area contributed by atoms with E-state index in [-0.39, 0.29) is 11.8 Å². The fourth-order valence-corrected chi connectivity index (χ4v) is 6.28. The van der Waals surface area contributed by atoms with Crippen LogP contribution in [0.1, 0.15) is 37.7 Å². The lowest BCUT2D eigenvalue weighted by Gasteiger charge is -2.37. The maximum atomic E-state index is 13.1. The number of morpholine rings is 1. The minimum Gasteiger partial charge on any atom is -0.379 e. The molecule has 0 bridgehead atoms. The summed E-state index contributed by atoms with van der Waals surface area (Å²) in [6.45, 7) is 7.39. The van der Waals surface area contributed by atoms with E-state index >= 15 is 0 Å². The Morgan fingerprint density at radius 2 is 1.61 bits per heavy atom. The number of sulfonamides is 1. The van der Waals surface area contributed by atoms with E-state index in [0.29, 0.717) is 31.8 Å². The highest BCUT2D eigenvalue weighted by atomic mass is 32.2. The van der Waals surface area contributed by atoms with Gasteiger partial charge < -0.3 is 9.64 Å². The van der Waals surface area contributed by atoms with Crippen LogP contribution in [0.3, 0.4) is 0 Å². The van der Waals surface area contributed by atoms with Gasteiger partial charge in [0.1, 0.15) is 0 Å². The molecule has 4 rings (SSSR count). The van der Waals surface area contributed by atoms with Crippen LogP contribution in [0, 0.1) is 11.8 Å². The average molecular weight is 476 g/mol. The highest BCUT2D eigenvalue weighted by Crippen LogP contribution is 2.26. The van der Waals surface area contributed by atoms with Crippen molar-refractivity contribution >= 4 is 22.0 Å². The molecule has 0 saturated carbocycles. The van der Waals surface area contributed by atoms with Crippen LogP contribution in [0.2, 0.25) is 0 Å². The number of likely N-dealkylation sites (tertiary alicyclic amines) is 1. The smallest absolute Gasteiger partial charge is 0.236 e. The summed E-state index contributed by atoms with van der Waals surface area (Å²) in [5.74, 6) is 0.859. The monoisotopic (exact) mass is 475 g/mol. The molecule has 8 heteroatoms. The second kappa shape index (κ2) is 11.6. The number of nitrogens with zero attached hydrogens (tertiary/aromatic N) is 3. The van der Waals surface area contributed by atoms with E-state index in [2.05, 4.69) is 4.90 Å². The number of hydrogen-bond donors (Lipinski definition) is 0. The lowest BCUT2D eigenvalue weighted by atomic mass is 9.91. The predicted octanol–water partition coefficient (Wildman–Crippen LogP) is 2.66. The number of carbonyl (C=O) groups is 1. The van der Waals surface area contributed by atoms with Gasteiger partial charge in [0.25, 0.3) is 0 Å². The Morgan fingerprint density at radius 1 is 0.939 bits per heavy atom. The van der Waals surface area contributed by atoms with E-state index in [1.165, 1.54) is 16.1 Å². The highest BCUT2D eigenvalue weighted by Gasteiger charge is 2.33. The average Bonchev–Trinajstić information content (AvgIpc) is 2.87. The standard InChI is InChI=1S/C25H37N3O4S/c29-25(27-13-7-23(8-14-27)6-12-26-17-19-32-20-18-26)24-9-15-28(16-10-24)33(30,31)21-11-22-4-2-1-3-5-22/h1-5,11,21,23-24H,6-10,12-20H2/b21-11+. The van der Waals surface area contributed by atoms with Crippen molar-refractivity contribution in [3.05, 3.63) is 41.3 Å². The molecule has 1 aromatic rings. The number of piperidine rings is 2.